The van der Waals surface area contributed by atoms with Crippen LogP contribution in [0.15, 0.2) is 59.1 Å². The molecule has 1 aromatic heterocycles. The Kier molecular flexibility index (Phi) is 5.88. The summed E-state index contributed by atoms with van der Waals surface area (Å²) in [6.07, 6.45) is 5.78. The summed E-state index contributed by atoms with van der Waals surface area (Å²) in [5.41, 5.74) is 2.75. The number of hydrogen-bond donors (Lipinski definition) is 0. The second-order valence-corrected chi connectivity index (χ2v) is 7.55. The fourth-order valence-corrected chi connectivity index (χ4v) is 3.61. The third-order valence-electron chi connectivity index (χ3n) is 5.34. The molecule has 0 saturated carbocycles. The first-order chi connectivity index (χ1) is 15.0. The Morgan fingerprint density at radius 3 is 2.61 bits per heavy atom. The van der Waals surface area contributed by atoms with Gasteiger partial charge in [-0.1, -0.05) is 35.0 Å². The standard InChI is InChI=1S/C23H22N4O4/c1-16-5-10-18(11-6-16)22-24-23(31-25-22)20-4-2-3-15-26(20)21(28)14-9-17-7-12-19(13-8-17)27(29)30/h5-14,20H,2-4,15H2,1H3/b14-9+. The molecule has 1 atom stereocenters. The van der Waals surface area contributed by atoms with Gasteiger partial charge in [-0.15, -0.1) is 0 Å². The van der Waals surface area contributed by atoms with Gasteiger partial charge in [0.15, 0.2) is 0 Å². The van der Waals surface area contributed by atoms with Crippen LogP contribution in [0.5, 0.6) is 0 Å². The Bertz CT molecular complexity index is 1100. The molecule has 3 aromatic rings. The number of piperidine rings is 1. The lowest BCUT2D eigenvalue weighted by Crippen LogP contribution is -2.37. The Labute approximate surface area is 179 Å². The smallest absolute Gasteiger partial charge is 0.269 e. The summed E-state index contributed by atoms with van der Waals surface area (Å²) in [6.45, 7) is 2.62. The fourth-order valence-electron chi connectivity index (χ4n) is 3.61. The molecule has 1 saturated heterocycles. The summed E-state index contributed by atoms with van der Waals surface area (Å²) in [5.74, 6) is 0.792. The number of hydrogen-bond acceptors (Lipinski definition) is 6. The molecule has 1 fully saturated rings. The van der Waals surface area contributed by atoms with Crippen molar-refractivity contribution in [1.82, 2.24) is 15.0 Å². The van der Waals surface area contributed by atoms with Crippen LogP contribution in [0.25, 0.3) is 17.5 Å². The van der Waals surface area contributed by atoms with Gasteiger partial charge in [-0.3, -0.25) is 14.9 Å². The van der Waals surface area contributed by atoms with E-state index in [-0.39, 0.29) is 17.6 Å². The molecule has 1 aliphatic rings. The molecule has 8 nitrogen and oxygen atoms in total. The summed E-state index contributed by atoms with van der Waals surface area (Å²) < 4.78 is 5.52. The number of amides is 1. The summed E-state index contributed by atoms with van der Waals surface area (Å²) in [7, 11) is 0. The lowest BCUT2D eigenvalue weighted by Gasteiger charge is -2.32. The maximum atomic E-state index is 12.9. The Morgan fingerprint density at radius 1 is 1.16 bits per heavy atom. The first-order valence-electron chi connectivity index (χ1n) is 10.1. The predicted octanol–water partition coefficient (Wildman–Crippen LogP) is 4.72. The number of likely N-dealkylation sites (tertiary alicyclic amines) is 1. The highest BCUT2D eigenvalue weighted by Crippen LogP contribution is 2.31. The van der Waals surface area contributed by atoms with Gasteiger partial charge in [-0.2, -0.15) is 4.98 Å². The van der Waals surface area contributed by atoms with Crippen LogP contribution in [0.1, 0.15) is 42.3 Å². The van der Waals surface area contributed by atoms with Crippen LogP contribution < -0.4 is 0 Å². The zero-order valence-corrected chi connectivity index (χ0v) is 17.1. The molecule has 4 rings (SSSR count). The minimum Gasteiger partial charge on any atom is -0.337 e. The van der Waals surface area contributed by atoms with Gasteiger partial charge < -0.3 is 9.42 Å². The summed E-state index contributed by atoms with van der Waals surface area (Å²) in [6, 6.07) is 13.7. The number of benzene rings is 2. The van der Waals surface area contributed by atoms with Crippen LogP contribution in [0.2, 0.25) is 0 Å². The molecule has 1 aliphatic heterocycles. The highest BCUT2D eigenvalue weighted by Gasteiger charge is 2.31. The van der Waals surface area contributed by atoms with Crippen molar-refractivity contribution in [2.24, 2.45) is 0 Å². The van der Waals surface area contributed by atoms with Crippen molar-refractivity contribution >= 4 is 17.7 Å². The number of aryl methyl sites for hydroxylation is 1. The molecular formula is C23H22N4O4. The van der Waals surface area contributed by atoms with E-state index in [9.17, 15) is 14.9 Å². The summed E-state index contributed by atoms with van der Waals surface area (Å²) >= 11 is 0. The van der Waals surface area contributed by atoms with E-state index < -0.39 is 4.92 Å². The molecule has 0 N–H and O–H groups in total. The molecule has 8 heteroatoms. The first kappa shape index (κ1) is 20.5. The van der Waals surface area contributed by atoms with Crippen LogP contribution in [-0.4, -0.2) is 32.4 Å². The van der Waals surface area contributed by atoms with E-state index in [1.165, 1.54) is 18.2 Å². The van der Waals surface area contributed by atoms with E-state index in [1.54, 1.807) is 23.1 Å². The van der Waals surface area contributed by atoms with Crippen molar-refractivity contribution in [1.29, 1.82) is 0 Å². The maximum Gasteiger partial charge on any atom is 0.269 e. The number of nitro groups is 1. The fraction of sp³-hybridized carbons (Fsp3) is 0.261. The predicted molar refractivity (Wildman–Crippen MR) is 115 cm³/mol. The van der Waals surface area contributed by atoms with Crippen molar-refractivity contribution < 1.29 is 14.2 Å². The van der Waals surface area contributed by atoms with E-state index in [2.05, 4.69) is 10.1 Å². The Balaban J connectivity index is 1.50. The number of nitro benzene ring substituents is 1. The van der Waals surface area contributed by atoms with Gasteiger partial charge in [0.25, 0.3) is 5.69 Å². The average molecular weight is 418 g/mol. The van der Waals surface area contributed by atoms with E-state index >= 15 is 0 Å². The molecule has 158 valence electrons. The Morgan fingerprint density at radius 2 is 1.90 bits per heavy atom. The maximum absolute atomic E-state index is 12.9. The second-order valence-electron chi connectivity index (χ2n) is 7.55. The largest absolute Gasteiger partial charge is 0.337 e. The lowest BCUT2D eigenvalue weighted by molar-refractivity contribution is -0.384. The topological polar surface area (TPSA) is 102 Å². The quantitative estimate of drug-likeness (QED) is 0.337. The Hall–Kier alpha value is -3.81. The first-order valence-corrected chi connectivity index (χ1v) is 10.1. The molecule has 0 aliphatic carbocycles. The summed E-state index contributed by atoms with van der Waals surface area (Å²) in [4.78, 5) is 29.5. The highest BCUT2D eigenvalue weighted by molar-refractivity contribution is 5.92. The normalized spacial score (nSPS) is 16.5. The van der Waals surface area contributed by atoms with Gasteiger partial charge in [0.1, 0.15) is 6.04 Å². The lowest BCUT2D eigenvalue weighted by atomic mass is 10.0. The van der Waals surface area contributed by atoms with Crippen molar-refractivity contribution in [3.8, 4) is 11.4 Å². The molecule has 2 aromatic carbocycles. The number of non-ortho nitro benzene ring substituents is 1. The summed E-state index contributed by atoms with van der Waals surface area (Å²) in [5, 5.41) is 14.9. The van der Waals surface area contributed by atoms with Crippen LogP contribution in [0.3, 0.4) is 0 Å². The van der Waals surface area contributed by atoms with E-state index in [0.717, 1.165) is 30.4 Å². The van der Waals surface area contributed by atoms with Gasteiger partial charge >= 0.3 is 0 Å². The number of carbonyl (C=O) groups is 1. The zero-order valence-electron chi connectivity index (χ0n) is 17.1. The SMILES string of the molecule is Cc1ccc(-c2noc(C3CCCCN3C(=O)/C=C/c3ccc([N+](=O)[O-])cc3)n2)cc1. The molecule has 1 unspecified atom stereocenters. The average Bonchev–Trinajstić information content (AvgIpc) is 3.28. The van der Waals surface area contributed by atoms with Crippen molar-refractivity contribution in [2.75, 3.05) is 6.54 Å². The van der Waals surface area contributed by atoms with Crippen LogP contribution >= 0.6 is 0 Å². The third-order valence-corrected chi connectivity index (χ3v) is 5.34. The molecule has 0 bridgehead atoms. The molecule has 2 heterocycles. The van der Waals surface area contributed by atoms with Gasteiger partial charge in [-0.25, -0.2) is 0 Å². The minimum atomic E-state index is -0.452. The molecule has 0 radical (unpaired) electrons. The van der Waals surface area contributed by atoms with E-state index in [4.69, 9.17) is 4.52 Å². The molecular weight excluding hydrogens is 396 g/mol. The van der Waals surface area contributed by atoms with Gasteiger partial charge in [0.05, 0.1) is 4.92 Å². The van der Waals surface area contributed by atoms with E-state index in [1.807, 2.05) is 31.2 Å². The monoisotopic (exact) mass is 418 g/mol. The van der Waals surface area contributed by atoms with Crippen LogP contribution in [-0.2, 0) is 4.79 Å². The van der Waals surface area contributed by atoms with Crippen LogP contribution in [0.4, 0.5) is 5.69 Å². The molecule has 1 amide bonds. The van der Waals surface area contributed by atoms with Gasteiger partial charge in [-0.05, 0) is 50.0 Å². The number of carbonyl (C=O) groups excluding carboxylic acids is 1. The highest BCUT2D eigenvalue weighted by atomic mass is 16.6. The second kappa shape index (κ2) is 8.91. The van der Waals surface area contributed by atoms with Crippen molar-refractivity contribution in [3.63, 3.8) is 0 Å². The van der Waals surface area contributed by atoms with Crippen molar-refractivity contribution in [3.05, 3.63) is 81.7 Å². The van der Waals surface area contributed by atoms with Crippen molar-refractivity contribution in [2.45, 2.75) is 32.2 Å². The third kappa shape index (κ3) is 4.69. The van der Waals surface area contributed by atoms with Gasteiger partial charge in [0.2, 0.25) is 17.6 Å². The van der Waals surface area contributed by atoms with E-state index in [0.29, 0.717) is 23.8 Å². The van der Waals surface area contributed by atoms with Crippen LogP contribution in [0, 0.1) is 17.0 Å². The number of rotatable bonds is 5. The van der Waals surface area contributed by atoms with Gasteiger partial charge in [0, 0.05) is 30.3 Å². The zero-order chi connectivity index (χ0) is 21.8. The molecule has 0 spiro atoms. The number of aromatic nitrogens is 2. The number of nitrogens with zero attached hydrogens (tertiary/aromatic N) is 4. The molecule has 31 heavy (non-hydrogen) atoms. The minimum absolute atomic E-state index is 0.0142.